The van der Waals surface area contributed by atoms with Crippen molar-refractivity contribution >= 4 is 56.8 Å². The summed E-state index contributed by atoms with van der Waals surface area (Å²) >= 11 is 8.85. The molecule has 3 aromatic rings. The molecule has 1 fully saturated rings. The molecule has 31 heavy (non-hydrogen) atoms. The van der Waals surface area contributed by atoms with Crippen molar-refractivity contribution in [2.24, 2.45) is 0 Å². The number of hydrogen-bond donors (Lipinski definition) is 1. The van der Waals surface area contributed by atoms with Crippen molar-refractivity contribution < 1.29 is 14.0 Å². The second-order valence-corrected chi connectivity index (χ2v) is 8.37. The lowest BCUT2D eigenvalue weighted by atomic mass is 10.1. The van der Waals surface area contributed by atoms with Crippen molar-refractivity contribution in [1.82, 2.24) is 5.32 Å². The molecule has 0 atom stereocenters. The number of carbonyl (C=O) groups excluding carboxylic acids is 2. The van der Waals surface area contributed by atoms with E-state index in [1.165, 1.54) is 11.0 Å². The molecule has 7 heteroatoms. The predicted octanol–water partition coefficient (Wildman–Crippen LogP) is 5.41. The number of furan rings is 1. The zero-order valence-electron chi connectivity index (χ0n) is 16.9. The van der Waals surface area contributed by atoms with Gasteiger partial charge in [-0.2, -0.15) is 0 Å². The summed E-state index contributed by atoms with van der Waals surface area (Å²) in [6.45, 7) is 4.01. The van der Waals surface area contributed by atoms with Gasteiger partial charge in [0.15, 0.2) is 5.11 Å². The van der Waals surface area contributed by atoms with E-state index in [1.807, 2.05) is 62.4 Å². The minimum atomic E-state index is -0.547. The molecule has 1 N–H and O–H groups in total. The molecule has 1 aliphatic heterocycles. The van der Waals surface area contributed by atoms with E-state index in [2.05, 4.69) is 21.2 Å². The van der Waals surface area contributed by atoms with E-state index in [9.17, 15) is 9.59 Å². The van der Waals surface area contributed by atoms with Crippen LogP contribution in [0.5, 0.6) is 0 Å². The largest absolute Gasteiger partial charge is 0.457 e. The fourth-order valence-electron chi connectivity index (χ4n) is 3.44. The van der Waals surface area contributed by atoms with Gasteiger partial charge in [-0.05, 0) is 73.1 Å². The summed E-state index contributed by atoms with van der Waals surface area (Å²) in [7, 11) is 0. The van der Waals surface area contributed by atoms with Gasteiger partial charge in [0, 0.05) is 10.0 Å². The third-order valence-electron chi connectivity index (χ3n) is 5.02. The van der Waals surface area contributed by atoms with Crippen LogP contribution in [-0.2, 0) is 16.0 Å². The molecule has 0 aliphatic carbocycles. The molecule has 0 spiro atoms. The molecule has 1 aliphatic rings. The Hall–Kier alpha value is -3.03. The molecule has 2 heterocycles. The Morgan fingerprint density at radius 2 is 1.90 bits per heavy atom. The predicted molar refractivity (Wildman–Crippen MR) is 129 cm³/mol. The molecular formula is C24H19BrN2O3S. The number of aryl methyl sites for hydroxylation is 2. The molecule has 1 saturated heterocycles. The number of rotatable bonds is 4. The SMILES string of the molecule is CCc1ccccc1N1C(=O)/C(=C/c2ccc(-c3ccc(C)cc3Br)o2)C(=O)NC1=S. The smallest absolute Gasteiger partial charge is 0.270 e. The molecule has 5 nitrogen and oxygen atoms in total. The lowest BCUT2D eigenvalue weighted by Gasteiger charge is -2.30. The zero-order valence-corrected chi connectivity index (χ0v) is 19.3. The summed E-state index contributed by atoms with van der Waals surface area (Å²) in [5.41, 5.74) is 3.59. The molecule has 156 valence electrons. The first kappa shape index (κ1) is 21.2. The van der Waals surface area contributed by atoms with E-state index in [4.69, 9.17) is 16.6 Å². The van der Waals surface area contributed by atoms with Crippen LogP contribution in [0.4, 0.5) is 5.69 Å². The van der Waals surface area contributed by atoms with Gasteiger partial charge >= 0.3 is 0 Å². The van der Waals surface area contributed by atoms with Crippen LogP contribution >= 0.6 is 28.1 Å². The van der Waals surface area contributed by atoms with Crippen molar-refractivity contribution in [3.8, 4) is 11.3 Å². The van der Waals surface area contributed by atoms with Crippen LogP contribution in [0.2, 0.25) is 0 Å². The standard InChI is InChI=1S/C24H19BrN2O3S/c1-3-15-6-4-5-7-20(15)27-23(29)18(22(28)26-24(27)31)13-16-9-11-21(30-16)17-10-8-14(2)12-19(17)25/h4-13H,3H2,1-2H3,(H,26,28,31)/b18-13+. The summed E-state index contributed by atoms with van der Waals surface area (Å²) in [4.78, 5) is 27.2. The Bertz CT molecular complexity index is 1250. The number of anilines is 1. The summed E-state index contributed by atoms with van der Waals surface area (Å²) in [5.74, 6) is 0.00225. The molecule has 0 unspecified atom stereocenters. The first-order valence-electron chi connectivity index (χ1n) is 9.74. The van der Waals surface area contributed by atoms with Crippen LogP contribution in [0.3, 0.4) is 0 Å². The van der Waals surface area contributed by atoms with Crippen LogP contribution in [-0.4, -0.2) is 16.9 Å². The fourth-order valence-corrected chi connectivity index (χ4v) is 4.40. The molecule has 2 aromatic carbocycles. The van der Waals surface area contributed by atoms with Gasteiger partial charge in [-0.1, -0.05) is 47.1 Å². The molecule has 1 aromatic heterocycles. The summed E-state index contributed by atoms with van der Waals surface area (Å²) < 4.78 is 6.82. The van der Waals surface area contributed by atoms with Gasteiger partial charge in [-0.25, -0.2) is 0 Å². The van der Waals surface area contributed by atoms with Gasteiger partial charge in [0.2, 0.25) is 0 Å². The second kappa shape index (κ2) is 8.61. The minimum absolute atomic E-state index is 0.0385. The fraction of sp³-hybridized carbons (Fsp3) is 0.125. The van der Waals surface area contributed by atoms with Gasteiger partial charge in [-0.3, -0.25) is 19.8 Å². The lowest BCUT2D eigenvalue weighted by molar-refractivity contribution is -0.122. The van der Waals surface area contributed by atoms with Crippen molar-refractivity contribution in [3.63, 3.8) is 0 Å². The molecule has 4 rings (SSSR count). The highest BCUT2D eigenvalue weighted by molar-refractivity contribution is 9.10. The van der Waals surface area contributed by atoms with Crippen LogP contribution in [0.1, 0.15) is 23.8 Å². The molecular weight excluding hydrogens is 476 g/mol. The average molecular weight is 495 g/mol. The Labute approximate surface area is 193 Å². The Balaban J connectivity index is 1.70. The van der Waals surface area contributed by atoms with E-state index >= 15 is 0 Å². The number of nitrogens with one attached hydrogen (secondary N) is 1. The van der Waals surface area contributed by atoms with Gasteiger partial charge in [0.05, 0.1) is 5.69 Å². The first-order valence-corrected chi connectivity index (χ1v) is 10.9. The normalized spacial score (nSPS) is 15.5. The average Bonchev–Trinajstić information content (AvgIpc) is 3.19. The van der Waals surface area contributed by atoms with Crippen molar-refractivity contribution in [2.75, 3.05) is 4.90 Å². The highest BCUT2D eigenvalue weighted by atomic mass is 79.9. The zero-order chi connectivity index (χ0) is 22.1. The maximum atomic E-state index is 13.2. The monoisotopic (exact) mass is 494 g/mol. The van der Waals surface area contributed by atoms with Gasteiger partial charge in [0.25, 0.3) is 11.8 Å². The van der Waals surface area contributed by atoms with Crippen LogP contribution in [0, 0.1) is 6.92 Å². The van der Waals surface area contributed by atoms with Gasteiger partial charge < -0.3 is 4.42 Å². The van der Waals surface area contributed by atoms with Crippen LogP contribution < -0.4 is 10.2 Å². The van der Waals surface area contributed by atoms with E-state index in [1.54, 1.807) is 6.07 Å². The topological polar surface area (TPSA) is 62.6 Å². The third-order valence-corrected chi connectivity index (χ3v) is 5.96. The molecule has 0 radical (unpaired) electrons. The second-order valence-electron chi connectivity index (χ2n) is 7.13. The number of halogens is 1. The van der Waals surface area contributed by atoms with E-state index in [0.717, 1.165) is 27.6 Å². The van der Waals surface area contributed by atoms with Crippen molar-refractivity contribution in [2.45, 2.75) is 20.3 Å². The van der Waals surface area contributed by atoms with Crippen LogP contribution in [0.15, 0.2) is 69.1 Å². The van der Waals surface area contributed by atoms with Crippen LogP contribution in [0.25, 0.3) is 17.4 Å². The maximum absolute atomic E-state index is 13.2. The number of amides is 2. The minimum Gasteiger partial charge on any atom is -0.457 e. The number of thiocarbonyl (C=S) groups is 1. The summed E-state index contributed by atoms with van der Waals surface area (Å²) in [6, 6.07) is 17.0. The Kier molecular flexibility index (Phi) is 5.89. The Morgan fingerprint density at radius 1 is 1.13 bits per heavy atom. The number of nitrogens with zero attached hydrogens (tertiary/aromatic N) is 1. The highest BCUT2D eigenvalue weighted by Crippen LogP contribution is 2.32. The van der Waals surface area contributed by atoms with Gasteiger partial charge in [0.1, 0.15) is 17.1 Å². The van der Waals surface area contributed by atoms with E-state index in [0.29, 0.717) is 17.2 Å². The van der Waals surface area contributed by atoms with Crippen molar-refractivity contribution in [1.29, 1.82) is 0 Å². The highest BCUT2D eigenvalue weighted by Gasteiger charge is 2.35. The maximum Gasteiger partial charge on any atom is 0.270 e. The molecule has 2 amide bonds. The molecule has 0 bridgehead atoms. The van der Waals surface area contributed by atoms with E-state index < -0.39 is 11.8 Å². The first-order chi connectivity index (χ1) is 14.9. The third kappa shape index (κ3) is 4.11. The quantitative estimate of drug-likeness (QED) is 0.299. The Morgan fingerprint density at radius 3 is 2.65 bits per heavy atom. The number of carbonyl (C=O) groups is 2. The number of para-hydroxylation sites is 1. The van der Waals surface area contributed by atoms with E-state index in [-0.39, 0.29) is 10.7 Å². The number of benzene rings is 2. The van der Waals surface area contributed by atoms with Crippen molar-refractivity contribution in [3.05, 3.63) is 81.5 Å². The summed E-state index contributed by atoms with van der Waals surface area (Å²) in [6.07, 6.45) is 2.18. The lowest BCUT2D eigenvalue weighted by Crippen LogP contribution is -2.54. The van der Waals surface area contributed by atoms with Gasteiger partial charge in [-0.15, -0.1) is 0 Å². The molecule has 0 saturated carbocycles. The number of hydrogen-bond acceptors (Lipinski definition) is 4. The summed E-state index contributed by atoms with van der Waals surface area (Å²) in [5, 5.41) is 2.68.